The lowest BCUT2D eigenvalue weighted by atomic mass is 9.89. The van der Waals surface area contributed by atoms with Gasteiger partial charge >= 0.3 is 11.9 Å². The van der Waals surface area contributed by atoms with Crippen molar-refractivity contribution in [1.82, 2.24) is 14.3 Å². The van der Waals surface area contributed by atoms with Crippen LogP contribution in [0.5, 0.6) is 5.75 Å². The third kappa shape index (κ3) is 8.13. The fourth-order valence-corrected chi connectivity index (χ4v) is 7.14. The first-order valence-electron chi connectivity index (χ1n) is 13.8. The number of carbonyl (C=O) groups excluding carboxylic acids is 4. The Morgan fingerprint density at radius 3 is 2.42 bits per heavy atom. The number of benzene rings is 1. The molecule has 0 saturated carbocycles. The van der Waals surface area contributed by atoms with Crippen molar-refractivity contribution in [3.05, 3.63) is 46.9 Å². The van der Waals surface area contributed by atoms with Gasteiger partial charge in [0.25, 0.3) is 0 Å². The third-order valence-corrected chi connectivity index (χ3v) is 9.48. The monoisotopic (exact) mass is 771 g/mol. The number of halogens is 1. The molecule has 1 amide bonds. The van der Waals surface area contributed by atoms with E-state index in [2.05, 4.69) is 37.1 Å². The molecule has 3 heterocycles. The summed E-state index contributed by atoms with van der Waals surface area (Å²) in [5, 5.41) is 3.60. The Hall–Kier alpha value is -3.25. The Balaban J connectivity index is 1.49. The number of alkyl halides is 1. The van der Waals surface area contributed by atoms with E-state index in [1.807, 2.05) is 0 Å². The topological polar surface area (TPSA) is 173 Å². The zero-order chi connectivity index (χ0) is 33.1. The lowest BCUT2D eigenvalue weighted by molar-refractivity contribution is -0.179. The molecule has 1 aromatic heterocycles. The number of rotatable bonds is 12. The Labute approximate surface area is 282 Å². The zero-order valence-corrected chi connectivity index (χ0v) is 29.4. The molecule has 2 aromatic rings. The molecule has 13 nitrogen and oxygen atoms in total. The van der Waals surface area contributed by atoms with Crippen molar-refractivity contribution >= 4 is 80.4 Å². The Morgan fingerprint density at radius 2 is 1.84 bits per heavy atom. The van der Waals surface area contributed by atoms with E-state index in [0.717, 1.165) is 22.7 Å². The summed E-state index contributed by atoms with van der Waals surface area (Å²) in [5.74, 6) is -1.93. The number of ketones is 1. The normalized spacial score (nSPS) is 18.6. The first-order valence-corrected chi connectivity index (χ1v) is 17.1. The number of Topliss-reactive ketones (excluding diaryl/α,β-unsaturated/α-hetero) is 1. The van der Waals surface area contributed by atoms with Crippen molar-refractivity contribution in [2.24, 2.45) is 11.1 Å². The van der Waals surface area contributed by atoms with Crippen molar-refractivity contribution in [3.63, 3.8) is 0 Å². The minimum absolute atomic E-state index is 0.0197. The highest BCUT2D eigenvalue weighted by atomic mass is 127. The average molecular weight is 772 g/mol. The van der Waals surface area contributed by atoms with E-state index in [-0.39, 0.29) is 41.3 Å². The molecule has 0 unspecified atom stereocenters. The number of thioether (sulfide) groups is 1. The van der Waals surface area contributed by atoms with Crippen LogP contribution in [0, 0.1) is 5.92 Å². The van der Waals surface area contributed by atoms with Gasteiger partial charge in [0.1, 0.15) is 23.7 Å². The van der Waals surface area contributed by atoms with E-state index in [0.29, 0.717) is 15.9 Å². The quantitative estimate of drug-likeness (QED) is 0.0826. The predicted molar refractivity (Wildman–Crippen MR) is 177 cm³/mol. The standard InChI is InChI=1S/C29H34IN5O8S2/c1-28(2,3)42-26(39)29(4,5)43-33-20(22-32-27(31)45-34-22)19(36)11-18-23(37)35-21(16(12-30)14-44-24(18)35)25(38)41-13-15-7-9-17(40-6)10-8-15/h7-10,18,24H,11-14H2,1-6H3,(H2,31,32,34)/b33-20+/t18-,24-/m1/s1. The van der Waals surface area contributed by atoms with Crippen LogP contribution >= 0.6 is 45.9 Å². The molecule has 16 heteroatoms. The second kappa shape index (κ2) is 14.0. The van der Waals surface area contributed by atoms with E-state index in [1.54, 1.807) is 52.1 Å². The first kappa shape index (κ1) is 34.6. The number of nitrogens with two attached hydrogens (primary N) is 1. The number of nitrogens with zero attached hydrogens (tertiary/aromatic N) is 4. The fraction of sp³-hybridized carbons (Fsp3) is 0.483. The molecule has 242 valence electrons. The molecule has 45 heavy (non-hydrogen) atoms. The van der Waals surface area contributed by atoms with Gasteiger partial charge in [-0.05, 0) is 57.9 Å². The average Bonchev–Trinajstić information content (AvgIpc) is 3.42. The minimum atomic E-state index is -1.55. The van der Waals surface area contributed by atoms with E-state index in [9.17, 15) is 19.2 Å². The maximum Gasteiger partial charge on any atom is 0.355 e. The smallest absolute Gasteiger partial charge is 0.355 e. The van der Waals surface area contributed by atoms with Crippen molar-refractivity contribution in [2.45, 2.75) is 64.2 Å². The molecule has 1 saturated heterocycles. The molecular weight excluding hydrogens is 737 g/mol. The summed E-state index contributed by atoms with van der Waals surface area (Å²) in [6, 6.07) is 7.11. The number of hydrogen-bond donors (Lipinski definition) is 1. The van der Waals surface area contributed by atoms with Crippen LogP contribution in [-0.4, -0.2) is 77.5 Å². The second-order valence-electron chi connectivity index (χ2n) is 11.7. The Morgan fingerprint density at radius 1 is 1.16 bits per heavy atom. The van der Waals surface area contributed by atoms with Crippen LogP contribution in [0.4, 0.5) is 5.13 Å². The maximum atomic E-state index is 13.6. The van der Waals surface area contributed by atoms with Gasteiger partial charge in [-0.2, -0.15) is 9.36 Å². The van der Waals surface area contributed by atoms with Crippen LogP contribution in [0.1, 0.15) is 52.4 Å². The first-order chi connectivity index (χ1) is 21.1. The van der Waals surface area contributed by atoms with Crippen LogP contribution in [0.2, 0.25) is 0 Å². The van der Waals surface area contributed by atoms with Crippen molar-refractivity contribution in [3.8, 4) is 5.75 Å². The number of methoxy groups -OCH3 is 1. The number of amides is 1. The summed E-state index contributed by atoms with van der Waals surface area (Å²) in [7, 11) is 1.57. The molecule has 0 bridgehead atoms. The molecule has 1 fully saturated rings. The van der Waals surface area contributed by atoms with Gasteiger partial charge in [-0.3, -0.25) is 14.5 Å². The number of esters is 2. The second-order valence-corrected chi connectivity index (χ2v) is 14.3. The highest BCUT2D eigenvalue weighted by Crippen LogP contribution is 2.46. The van der Waals surface area contributed by atoms with Crippen molar-refractivity contribution in [2.75, 3.05) is 23.0 Å². The van der Waals surface area contributed by atoms with E-state index >= 15 is 0 Å². The molecule has 2 atom stereocenters. The zero-order valence-electron chi connectivity index (χ0n) is 25.6. The van der Waals surface area contributed by atoms with Crippen molar-refractivity contribution < 1.29 is 38.2 Å². The molecule has 4 rings (SSSR count). The molecule has 0 radical (unpaired) electrons. The Kier molecular flexibility index (Phi) is 10.8. The number of ether oxygens (including phenoxy) is 3. The predicted octanol–water partition coefficient (Wildman–Crippen LogP) is 3.89. The van der Waals surface area contributed by atoms with Crippen LogP contribution in [0.25, 0.3) is 0 Å². The Bertz CT molecular complexity index is 1530. The van der Waals surface area contributed by atoms with Crippen LogP contribution < -0.4 is 10.5 Å². The summed E-state index contributed by atoms with van der Waals surface area (Å²) in [5.41, 5.74) is 4.90. The van der Waals surface area contributed by atoms with Gasteiger partial charge < -0.3 is 24.8 Å². The summed E-state index contributed by atoms with van der Waals surface area (Å²) in [6.45, 7) is 8.07. The molecular formula is C29H34IN5O8S2. The number of aromatic nitrogens is 2. The van der Waals surface area contributed by atoms with Gasteiger partial charge in [0.15, 0.2) is 16.6 Å². The number of anilines is 1. The lowest BCUT2D eigenvalue weighted by Crippen LogP contribution is -2.62. The number of nitrogen functional groups attached to an aromatic ring is 1. The fourth-order valence-electron chi connectivity index (χ4n) is 4.29. The van der Waals surface area contributed by atoms with Gasteiger partial charge in [-0.25, -0.2) is 9.59 Å². The molecule has 0 spiro atoms. The lowest BCUT2D eigenvalue weighted by Gasteiger charge is -2.49. The number of oxime groups is 1. The van der Waals surface area contributed by atoms with Crippen LogP contribution in [0.3, 0.4) is 0 Å². The summed E-state index contributed by atoms with van der Waals surface area (Å²) in [4.78, 5) is 64.0. The highest BCUT2D eigenvalue weighted by Gasteiger charge is 2.54. The number of β-lactam (4-membered cyclic amide) rings is 1. The summed E-state index contributed by atoms with van der Waals surface area (Å²) >= 11 is 4.47. The summed E-state index contributed by atoms with van der Waals surface area (Å²) in [6.07, 6.45) is -0.255. The van der Waals surface area contributed by atoms with Gasteiger partial charge in [-0.1, -0.05) is 39.9 Å². The maximum absolute atomic E-state index is 13.6. The molecule has 0 aliphatic carbocycles. The van der Waals surface area contributed by atoms with E-state index in [4.69, 9.17) is 24.8 Å². The highest BCUT2D eigenvalue weighted by molar-refractivity contribution is 14.1. The van der Waals surface area contributed by atoms with Gasteiger partial charge in [0, 0.05) is 28.1 Å². The van der Waals surface area contributed by atoms with Gasteiger partial charge in [0.05, 0.1) is 18.4 Å². The largest absolute Gasteiger partial charge is 0.497 e. The van der Waals surface area contributed by atoms with Crippen molar-refractivity contribution in [1.29, 1.82) is 0 Å². The van der Waals surface area contributed by atoms with Crippen LogP contribution in [0.15, 0.2) is 40.7 Å². The SMILES string of the molecule is COc1ccc(COC(=O)C2=C(CI)CS[C@@H]3[C@H](CC(=O)/C(=N\OC(C)(C)C(=O)OC(C)(C)C)c4nsc(N)n4)C(=O)N23)cc1. The van der Waals surface area contributed by atoms with Gasteiger partial charge in [0.2, 0.25) is 17.3 Å². The number of fused-ring (bicyclic) bond motifs is 1. The van der Waals surface area contributed by atoms with Crippen LogP contribution in [-0.2, 0) is 40.1 Å². The molecule has 2 N–H and O–H groups in total. The third-order valence-electron chi connectivity index (χ3n) is 6.62. The molecule has 1 aromatic carbocycles. The van der Waals surface area contributed by atoms with E-state index < -0.39 is 40.2 Å². The minimum Gasteiger partial charge on any atom is -0.497 e. The summed E-state index contributed by atoms with van der Waals surface area (Å²) < 4.78 is 20.8. The van der Waals surface area contributed by atoms with Gasteiger partial charge in [-0.15, -0.1) is 11.8 Å². The molecule has 2 aliphatic rings. The molecule has 2 aliphatic heterocycles. The number of carbonyl (C=O) groups is 4. The van der Waals surface area contributed by atoms with E-state index in [1.165, 1.54) is 30.5 Å². The number of hydrogen-bond acceptors (Lipinski definition) is 14.